The smallest absolute Gasteiger partial charge is 0.242 e. The first-order valence-electron chi connectivity index (χ1n) is 8.71. The molecule has 2 amide bonds. The highest BCUT2D eigenvalue weighted by Crippen LogP contribution is 2.17. The van der Waals surface area contributed by atoms with Crippen molar-refractivity contribution >= 4 is 11.8 Å². The average Bonchev–Trinajstić information content (AvgIpc) is 2.95. The lowest BCUT2D eigenvalue weighted by molar-refractivity contribution is -0.136. The first-order valence-corrected chi connectivity index (χ1v) is 8.71. The van der Waals surface area contributed by atoms with E-state index >= 15 is 0 Å². The molecular formula is C17H32N2O2. The summed E-state index contributed by atoms with van der Waals surface area (Å²) in [5.41, 5.74) is 0. The maximum Gasteiger partial charge on any atom is 0.242 e. The van der Waals surface area contributed by atoms with Crippen LogP contribution in [0.2, 0.25) is 0 Å². The lowest BCUT2D eigenvalue weighted by atomic mass is 10.1. The topological polar surface area (TPSA) is 49.4 Å². The van der Waals surface area contributed by atoms with Gasteiger partial charge in [-0.05, 0) is 19.3 Å². The fourth-order valence-corrected chi connectivity index (χ4v) is 3.00. The third-order valence-corrected chi connectivity index (χ3v) is 4.29. The van der Waals surface area contributed by atoms with Crippen molar-refractivity contribution in [2.75, 3.05) is 13.1 Å². The highest BCUT2D eigenvalue weighted by Gasteiger charge is 2.31. The molecule has 0 aromatic rings. The van der Waals surface area contributed by atoms with Crippen LogP contribution in [0.5, 0.6) is 0 Å². The maximum absolute atomic E-state index is 12.1. The molecule has 0 saturated carbocycles. The lowest BCUT2D eigenvalue weighted by Gasteiger charge is -2.22. The Bertz CT molecular complexity index is 318. The highest BCUT2D eigenvalue weighted by atomic mass is 16.2. The van der Waals surface area contributed by atoms with E-state index in [4.69, 9.17) is 0 Å². The normalized spacial score (nSPS) is 18.0. The first-order chi connectivity index (χ1) is 10.2. The minimum absolute atomic E-state index is 0.0136. The van der Waals surface area contributed by atoms with Gasteiger partial charge in [-0.2, -0.15) is 0 Å². The van der Waals surface area contributed by atoms with Gasteiger partial charge in [0.15, 0.2) is 0 Å². The van der Waals surface area contributed by atoms with Crippen LogP contribution in [0.4, 0.5) is 0 Å². The monoisotopic (exact) mass is 296 g/mol. The molecule has 0 aliphatic carbocycles. The molecule has 1 heterocycles. The molecule has 1 rings (SSSR count). The number of likely N-dealkylation sites (tertiary alicyclic amines) is 1. The van der Waals surface area contributed by atoms with Crippen LogP contribution < -0.4 is 5.32 Å². The molecule has 0 aromatic heterocycles. The third-order valence-electron chi connectivity index (χ3n) is 4.29. The minimum Gasteiger partial charge on any atom is -0.354 e. The third kappa shape index (κ3) is 6.96. The van der Waals surface area contributed by atoms with E-state index in [1.807, 2.05) is 0 Å². The van der Waals surface area contributed by atoms with Crippen LogP contribution in [0, 0.1) is 0 Å². The van der Waals surface area contributed by atoms with Gasteiger partial charge in [-0.3, -0.25) is 9.59 Å². The van der Waals surface area contributed by atoms with Gasteiger partial charge in [0.2, 0.25) is 11.8 Å². The van der Waals surface area contributed by atoms with E-state index in [2.05, 4.69) is 12.2 Å². The molecule has 1 aliphatic heterocycles. The summed E-state index contributed by atoms with van der Waals surface area (Å²) in [5, 5.41) is 2.99. The number of hydrogen-bond donors (Lipinski definition) is 1. The van der Waals surface area contributed by atoms with E-state index in [0.717, 1.165) is 32.4 Å². The number of unbranched alkanes of at least 4 members (excludes halogenated alkanes) is 7. The SMILES string of the molecule is CCCCCCCCCCNC(=O)C1CCCN1C(C)=O. The average molecular weight is 296 g/mol. The van der Waals surface area contributed by atoms with E-state index in [-0.39, 0.29) is 17.9 Å². The molecule has 4 heteroatoms. The number of nitrogens with one attached hydrogen (secondary N) is 1. The Morgan fingerprint density at radius 2 is 1.67 bits per heavy atom. The molecule has 1 fully saturated rings. The number of amides is 2. The molecule has 1 unspecified atom stereocenters. The van der Waals surface area contributed by atoms with Crippen LogP contribution in [0.3, 0.4) is 0 Å². The number of nitrogens with zero attached hydrogens (tertiary/aromatic N) is 1. The Hall–Kier alpha value is -1.06. The van der Waals surface area contributed by atoms with Crippen molar-refractivity contribution in [2.45, 2.75) is 84.1 Å². The zero-order chi connectivity index (χ0) is 15.5. The Morgan fingerprint density at radius 1 is 1.05 bits per heavy atom. The molecule has 122 valence electrons. The van der Waals surface area contributed by atoms with Crippen molar-refractivity contribution in [3.05, 3.63) is 0 Å². The fourth-order valence-electron chi connectivity index (χ4n) is 3.00. The number of hydrogen-bond acceptors (Lipinski definition) is 2. The zero-order valence-electron chi connectivity index (χ0n) is 13.8. The summed E-state index contributed by atoms with van der Waals surface area (Å²) in [7, 11) is 0. The summed E-state index contributed by atoms with van der Waals surface area (Å²) < 4.78 is 0. The Balaban J connectivity index is 2.02. The van der Waals surface area contributed by atoms with E-state index in [1.165, 1.54) is 44.9 Å². The molecule has 0 spiro atoms. The Labute approximate surface area is 129 Å². The Kier molecular flexibility index (Phi) is 9.11. The quantitative estimate of drug-likeness (QED) is 0.629. The summed E-state index contributed by atoms with van der Waals surface area (Å²) >= 11 is 0. The predicted molar refractivity (Wildman–Crippen MR) is 86.0 cm³/mol. The van der Waals surface area contributed by atoms with Crippen LogP contribution in [0.15, 0.2) is 0 Å². The minimum atomic E-state index is -0.225. The van der Waals surface area contributed by atoms with Gasteiger partial charge in [-0.15, -0.1) is 0 Å². The van der Waals surface area contributed by atoms with Gasteiger partial charge < -0.3 is 10.2 Å². The summed E-state index contributed by atoms with van der Waals surface area (Å²) in [6.45, 7) is 5.26. The van der Waals surface area contributed by atoms with Crippen molar-refractivity contribution in [1.82, 2.24) is 10.2 Å². The molecule has 4 nitrogen and oxygen atoms in total. The number of carbonyl (C=O) groups excluding carboxylic acids is 2. The number of rotatable bonds is 10. The second-order valence-electron chi connectivity index (χ2n) is 6.14. The van der Waals surface area contributed by atoms with Gasteiger partial charge in [0.1, 0.15) is 6.04 Å². The molecular weight excluding hydrogens is 264 g/mol. The summed E-state index contributed by atoms with van der Waals surface area (Å²) in [5.74, 6) is 0.0466. The van der Waals surface area contributed by atoms with Gasteiger partial charge in [0.25, 0.3) is 0 Å². The van der Waals surface area contributed by atoms with Crippen LogP contribution >= 0.6 is 0 Å². The lowest BCUT2D eigenvalue weighted by Crippen LogP contribution is -2.45. The highest BCUT2D eigenvalue weighted by molar-refractivity contribution is 5.87. The van der Waals surface area contributed by atoms with Crippen molar-refractivity contribution in [2.24, 2.45) is 0 Å². The molecule has 0 bridgehead atoms. The van der Waals surface area contributed by atoms with Gasteiger partial charge in [-0.1, -0.05) is 51.9 Å². The second kappa shape index (κ2) is 10.6. The molecule has 0 aromatic carbocycles. The molecule has 0 radical (unpaired) electrons. The van der Waals surface area contributed by atoms with Crippen molar-refractivity contribution in [3.8, 4) is 0 Å². The molecule has 21 heavy (non-hydrogen) atoms. The van der Waals surface area contributed by atoms with E-state index in [0.29, 0.717) is 0 Å². The Morgan fingerprint density at radius 3 is 2.29 bits per heavy atom. The van der Waals surface area contributed by atoms with Crippen molar-refractivity contribution < 1.29 is 9.59 Å². The second-order valence-corrected chi connectivity index (χ2v) is 6.14. The van der Waals surface area contributed by atoms with Crippen molar-refractivity contribution in [3.63, 3.8) is 0 Å². The maximum atomic E-state index is 12.1. The van der Waals surface area contributed by atoms with Gasteiger partial charge in [-0.25, -0.2) is 0 Å². The van der Waals surface area contributed by atoms with Crippen LogP contribution in [-0.4, -0.2) is 35.8 Å². The van der Waals surface area contributed by atoms with Gasteiger partial charge in [0.05, 0.1) is 0 Å². The molecule has 1 N–H and O–H groups in total. The predicted octanol–water partition coefficient (Wildman–Crippen LogP) is 3.25. The van der Waals surface area contributed by atoms with E-state index < -0.39 is 0 Å². The van der Waals surface area contributed by atoms with Crippen LogP contribution in [0.1, 0.15) is 78.1 Å². The van der Waals surface area contributed by atoms with Crippen molar-refractivity contribution in [1.29, 1.82) is 0 Å². The summed E-state index contributed by atoms with van der Waals surface area (Å²) in [4.78, 5) is 25.2. The molecule has 1 atom stereocenters. The molecule has 1 saturated heterocycles. The summed E-state index contributed by atoms with van der Waals surface area (Å²) in [6, 6.07) is -0.225. The largest absolute Gasteiger partial charge is 0.354 e. The van der Waals surface area contributed by atoms with Crippen LogP contribution in [0.25, 0.3) is 0 Å². The summed E-state index contributed by atoms with van der Waals surface area (Å²) in [6.07, 6.45) is 11.9. The first kappa shape index (κ1) is 18.0. The number of carbonyl (C=O) groups is 2. The van der Waals surface area contributed by atoms with Gasteiger partial charge in [0, 0.05) is 20.0 Å². The van der Waals surface area contributed by atoms with Crippen LogP contribution in [-0.2, 0) is 9.59 Å². The fraction of sp³-hybridized carbons (Fsp3) is 0.882. The van der Waals surface area contributed by atoms with E-state index in [1.54, 1.807) is 11.8 Å². The van der Waals surface area contributed by atoms with Gasteiger partial charge >= 0.3 is 0 Å². The standard InChI is InChI=1S/C17H32N2O2/c1-3-4-5-6-7-8-9-10-13-18-17(21)16-12-11-14-19(16)15(2)20/h16H,3-14H2,1-2H3,(H,18,21). The zero-order valence-corrected chi connectivity index (χ0v) is 13.8. The van der Waals surface area contributed by atoms with E-state index in [9.17, 15) is 9.59 Å². The molecule has 1 aliphatic rings.